The van der Waals surface area contributed by atoms with Crippen LogP contribution in [0.5, 0.6) is 0 Å². The minimum absolute atomic E-state index is 0.201. The van der Waals surface area contributed by atoms with Gasteiger partial charge < -0.3 is 0 Å². The van der Waals surface area contributed by atoms with Gasteiger partial charge in [0, 0.05) is 18.7 Å². The molecule has 0 radical (unpaired) electrons. The van der Waals surface area contributed by atoms with Gasteiger partial charge in [-0.1, -0.05) is 65.2 Å². The lowest BCUT2D eigenvalue weighted by atomic mass is 9.62. The first-order chi connectivity index (χ1) is 13.3. The largest absolute Gasteiger partial charge is 0.272 e. The van der Waals surface area contributed by atoms with E-state index in [1.165, 1.54) is 61.1 Å². The fraction of sp³-hybridized carbons (Fsp3) is 0.680. The summed E-state index contributed by atoms with van der Waals surface area (Å²) in [6, 6.07) is 0. The van der Waals surface area contributed by atoms with E-state index in [-0.39, 0.29) is 11.8 Å². The van der Waals surface area contributed by atoms with Crippen LogP contribution in [0.3, 0.4) is 0 Å². The van der Waals surface area contributed by atoms with Gasteiger partial charge in [-0.2, -0.15) is 0 Å². The van der Waals surface area contributed by atoms with Crippen LogP contribution in [0.15, 0.2) is 36.0 Å². The summed E-state index contributed by atoms with van der Waals surface area (Å²) in [4.78, 5) is 24.7. The lowest BCUT2D eigenvalue weighted by Crippen LogP contribution is -2.35. The van der Waals surface area contributed by atoms with Crippen molar-refractivity contribution in [2.45, 2.75) is 72.6 Å². The maximum Gasteiger partial charge on any atom is 0.253 e. The number of hydrogen-bond acceptors (Lipinski definition) is 2. The molecular weight excluding hydrogens is 346 g/mol. The molecule has 1 heterocycles. The van der Waals surface area contributed by atoms with Crippen LogP contribution < -0.4 is 0 Å². The zero-order valence-corrected chi connectivity index (χ0v) is 18.1. The van der Waals surface area contributed by atoms with Gasteiger partial charge in [-0.25, -0.2) is 0 Å². The Morgan fingerprint density at radius 3 is 2.54 bits per heavy atom. The minimum atomic E-state index is -0.201. The summed E-state index contributed by atoms with van der Waals surface area (Å²) >= 11 is 0. The van der Waals surface area contributed by atoms with E-state index >= 15 is 0 Å². The second kappa shape index (κ2) is 8.80. The third kappa shape index (κ3) is 4.34. The van der Waals surface area contributed by atoms with E-state index in [1.807, 2.05) is 6.08 Å². The average molecular weight is 384 g/mol. The second-order valence-electron chi connectivity index (χ2n) is 9.81. The molecule has 4 atom stereocenters. The number of fused-ring (bicyclic) bond motifs is 1. The van der Waals surface area contributed by atoms with Gasteiger partial charge in [0.1, 0.15) is 0 Å². The molecule has 0 unspecified atom stereocenters. The van der Waals surface area contributed by atoms with Gasteiger partial charge >= 0.3 is 0 Å². The van der Waals surface area contributed by atoms with Gasteiger partial charge in [0.15, 0.2) is 0 Å². The molecule has 0 aromatic carbocycles. The van der Waals surface area contributed by atoms with Crippen molar-refractivity contribution in [3.05, 3.63) is 36.0 Å². The number of carbonyl (C=O) groups excluding carboxylic acids is 2. The molecule has 154 valence electrons. The Morgan fingerprint density at radius 1 is 1.14 bits per heavy atom. The Balaban J connectivity index is 1.61. The highest BCUT2D eigenvalue weighted by Gasteiger charge is 2.49. The molecule has 28 heavy (non-hydrogen) atoms. The van der Waals surface area contributed by atoms with Gasteiger partial charge in [0.05, 0.1) is 0 Å². The van der Waals surface area contributed by atoms with Gasteiger partial charge in [-0.05, 0) is 60.3 Å². The average Bonchev–Trinajstić information content (AvgIpc) is 3.15. The van der Waals surface area contributed by atoms with Crippen LogP contribution in [0.4, 0.5) is 0 Å². The van der Waals surface area contributed by atoms with Crippen molar-refractivity contribution in [3.8, 4) is 0 Å². The highest BCUT2D eigenvalue weighted by Crippen LogP contribution is 2.58. The van der Waals surface area contributed by atoms with Crippen molar-refractivity contribution in [2.24, 2.45) is 29.1 Å². The maximum atomic E-state index is 11.7. The summed E-state index contributed by atoms with van der Waals surface area (Å²) in [6.07, 6.45) is 18.4. The van der Waals surface area contributed by atoms with Crippen LogP contribution in [-0.2, 0) is 9.59 Å². The summed E-state index contributed by atoms with van der Waals surface area (Å²) < 4.78 is 0. The van der Waals surface area contributed by atoms with Crippen molar-refractivity contribution >= 4 is 11.8 Å². The summed E-state index contributed by atoms with van der Waals surface area (Å²) in [5.41, 5.74) is 1.82. The van der Waals surface area contributed by atoms with Crippen molar-refractivity contribution in [3.63, 3.8) is 0 Å². The molecule has 1 fully saturated rings. The first kappa shape index (κ1) is 21.1. The van der Waals surface area contributed by atoms with E-state index in [9.17, 15) is 9.59 Å². The number of carbonyl (C=O) groups is 2. The molecule has 1 aliphatic heterocycles. The van der Waals surface area contributed by atoms with Crippen LogP contribution in [-0.4, -0.2) is 23.3 Å². The molecule has 0 spiro atoms. The Bertz CT molecular complexity index is 669. The molecule has 2 amide bonds. The van der Waals surface area contributed by atoms with Gasteiger partial charge in [0.25, 0.3) is 11.8 Å². The molecule has 0 bridgehead atoms. The van der Waals surface area contributed by atoms with Crippen LogP contribution >= 0.6 is 0 Å². The van der Waals surface area contributed by atoms with Gasteiger partial charge in [-0.3, -0.25) is 14.5 Å². The molecule has 3 rings (SSSR count). The second-order valence-corrected chi connectivity index (χ2v) is 9.81. The molecule has 3 aliphatic rings. The van der Waals surface area contributed by atoms with E-state index in [2.05, 4.69) is 39.8 Å². The van der Waals surface area contributed by atoms with E-state index in [0.29, 0.717) is 17.9 Å². The minimum Gasteiger partial charge on any atom is -0.272 e. The normalized spacial score (nSPS) is 31.2. The van der Waals surface area contributed by atoms with Crippen molar-refractivity contribution in [2.75, 3.05) is 6.54 Å². The third-order valence-electron chi connectivity index (χ3n) is 7.50. The van der Waals surface area contributed by atoms with Crippen molar-refractivity contribution in [1.29, 1.82) is 0 Å². The fourth-order valence-corrected chi connectivity index (χ4v) is 5.94. The smallest absolute Gasteiger partial charge is 0.253 e. The van der Waals surface area contributed by atoms with Crippen LogP contribution in [0, 0.1) is 29.1 Å². The summed E-state index contributed by atoms with van der Waals surface area (Å²) in [5, 5.41) is 0. The topological polar surface area (TPSA) is 37.4 Å². The number of amides is 2. The number of nitrogens with zero attached hydrogens (tertiary/aromatic N) is 1. The fourth-order valence-electron chi connectivity index (χ4n) is 5.94. The zero-order valence-electron chi connectivity index (χ0n) is 18.1. The third-order valence-corrected chi connectivity index (χ3v) is 7.50. The molecule has 0 saturated heterocycles. The Kier molecular flexibility index (Phi) is 6.62. The number of allylic oxidation sites excluding steroid dienone is 3. The first-order valence-corrected chi connectivity index (χ1v) is 11.2. The number of hydrogen-bond donors (Lipinski definition) is 0. The number of imide groups is 1. The molecule has 0 aromatic rings. The molecule has 1 saturated carbocycles. The van der Waals surface area contributed by atoms with Crippen LogP contribution in [0.2, 0.25) is 0 Å². The highest BCUT2D eigenvalue weighted by molar-refractivity contribution is 6.12. The van der Waals surface area contributed by atoms with Crippen LogP contribution in [0.1, 0.15) is 72.6 Å². The highest BCUT2D eigenvalue weighted by atomic mass is 16.2. The van der Waals surface area contributed by atoms with E-state index in [4.69, 9.17) is 0 Å². The summed E-state index contributed by atoms with van der Waals surface area (Å²) in [6.45, 7) is 10.0. The monoisotopic (exact) mass is 383 g/mol. The molecular formula is C25H37NO2. The van der Waals surface area contributed by atoms with Crippen LogP contribution in [0.25, 0.3) is 0 Å². The van der Waals surface area contributed by atoms with E-state index in [0.717, 1.165) is 24.2 Å². The standard InChI is InChI=1S/C25H37NO2/c1-18(2)8-5-9-19(3)21-12-13-22-20(10-6-16-25(21,22)4)11-7-17-26-23(27)14-15-24(26)28/h7,10-11,14-15,18-19,21-22H,5-6,8-9,12-13,16-17H2,1-4H3/b11-7+/t19-,21-,22+,25-/m1/s1. The predicted octanol–water partition coefficient (Wildman–Crippen LogP) is 5.68. The van der Waals surface area contributed by atoms with E-state index in [1.54, 1.807) is 0 Å². The Morgan fingerprint density at radius 2 is 1.86 bits per heavy atom. The molecule has 3 nitrogen and oxygen atoms in total. The molecule has 0 aromatic heterocycles. The summed E-state index contributed by atoms with van der Waals surface area (Å²) in [7, 11) is 0. The van der Waals surface area contributed by atoms with Crippen molar-refractivity contribution in [1.82, 2.24) is 4.90 Å². The van der Waals surface area contributed by atoms with Gasteiger partial charge in [0.2, 0.25) is 0 Å². The molecule has 2 aliphatic carbocycles. The lowest BCUT2D eigenvalue weighted by Gasteiger charge is -2.43. The Hall–Kier alpha value is -1.64. The quantitative estimate of drug-likeness (QED) is 0.505. The number of rotatable bonds is 8. The maximum absolute atomic E-state index is 11.7. The summed E-state index contributed by atoms with van der Waals surface area (Å²) in [5.74, 6) is 2.63. The zero-order chi connectivity index (χ0) is 20.3. The molecule has 0 N–H and O–H groups in total. The SMILES string of the molecule is CC(C)CCC[C@@H](C)[C@H]1CC[C@H]2C(/C=C/CN3C(=O)C=CC3=O)=CCC[C@]12C. The Labute approximate surface area is 170 Å². The predicted molar refractivity (Wildman–Crippen MR) is 114 cm³/mol. The van der Waals surface area contributed by atoms with Gasteiger partial charge in [-0.15, -0.1) is 0 Å². The first-order valence-electron chi connectivity index (χ1n) is 11.2. The lowest BCUT2D eigenvalue weighted by molar-refractivity contribution is -0.136. The van der Waals surface area contributed by atoms with E-state index < -0.39 is 0 Å². The molecule has 3 heteroatoms. The van der Waals surface area contributed by atoms with Crippen molar-refractivity contribution < 1.29 is 9.59 Å².